The molecule has 0 saturated carbocycles. The average Bonchev–Trinajstić information content (AvgIpc) is 2.39. The van der Waals surface area contributed by atoms with Crippen LogP contribution in [0.4, 0.5) is 0 Å². The molecule has 1 rings (SSSR count). The van der Waals surface area contributed by atoms with Crippen LogP contribution in [0.2, 0.25) is 0 Å². The van der Waals surface area contributed by atoms with Gasteiger partial charge in [0.05, 0.1) is 7.11 Å². The number of hydrogen-bond acceptors (Lipinski definition) is 4. The molecule has 4 heteroatoms. The van der Waals surface area contributed by atoms with Gasteiger partial charge in [0.15, 0.2) is 5.79 Å². The van der Waals surface area contributed by atoms with Gasteiger partial charge in [0.25, 0.3) is 0 Å². The van der Waals surface area contributed by atoms with Gasteiger partial charge in [-0.1, -0.05) is 43.8 Å². The zero-order chi connectivity index (χ0) is 13.3. The second kappa shape index (κ2) is 7.60. The van der Waals surface area contributed by atoms with Gasteiger partial charge >= 0.3 is 5.97 Å². The smallest absolute Gasteiger partial charge is 0.329 e. The Bertz CT molecular complexity index is 344. The first-order chi connectivity index (χ1) is 7.97. The molecule has 0 amide bonds. The molecule has 0 aliphatic rings. The number of ether oxygens (including phenoxy) is 1. The topological polar surface area (TPSA) is 66.8 Å². The van der Waals surface area contributed by atoms with E-state index in [1.54, 1.807) is 31.2 Å². The molecule has 1 aromatic rings. The fourth-order valence-electron chi connectivity index (χ4n) is 0.993. The molecule has 0 radical (unpaired) electrons. The summed E-state index contributed by atoms with van der Waals surface area (Å²) in [4.78, 5) is 9.84. The summed E-state index contributed by atoms with van der Waals surface area (Å²) in [5.41, 5.74) is 0.544. The third-order valence-electron chi connectivity index (χ3n) is 2.10. The third kappa shape index (κ3) is 5.85. The molecule has 4 nitrogen and oxygen atoms in total. The maximum absolute atomic E-state index is 9.84. The molecule has 0 bridgehead atoms. The first-order valence-corrected chi connectivity index (χ1v) is 5.18. The lowest BCUT2D eigenvalue weighted by Crippen LogP contribution is -2.23. The Hall–Kier alpha value is -1.65. The van der Waals surface area contributed by atoms with Crippen molar-refractivity contribution in [3.05, 3.63) is 48.6 Å². The van der Waals surface area contributed by atoms with Gasteiger partial charge in [-0.05, 0) is 0 Å². The van der Waals surface area contributed by atoms with Crippen molar-refractivity contribution in [1.29, 1.82) is 0 Å². The second-order valence-corrected chi connectivity index (χ2v) is 3.26. The summed E-state index contributed by atoms with van der Waals surface area (Å²) in [5, 5.41) is 18.7. The van der Waals surface area contributed by atoms with Gasteiger partial charge in [-0.2, -0.15) is 0 Å². The zero-order valence-corrected chi connectivity index (χ0v) is 10.1. The van der Waals surface area contributed by atoms with Crippen LogP contribution in [-0.2, 0) is 15.3 Å². The largest absolute Gasteiger partial charge is 0.466 e. The van der Waals surface area contributed by atoms with E-state index in [1.165, 1.54) is 7.11 Å². The first kappa shape index (κ1) is 15.4. The van der Waals surface area contributed by atoms with E-state index >= 15 is 0 Å². The molecule has 0 aliphatic heterocycles. The van der Waals surface area contributed by atoms with Crippen molar-refractivity contribution < 1.29 is 19.7 Å². The highest BCUT2D eigenvalue weighted by molar-refractivity contribution is 5.80. The van der Waals surface area contributed by atoms with Gasteiger partial charge in [0, 0.05) is 18.1 Å². The summed E-state index contributed by atoms with van der Waals surface area (Å²) < 4.78 is 4.14. The Balaban J connectivity index is 0.000000366. The van der Waals surface area contributed by atoms with Crippen LogP contribution in [0.15, 0.2) is 43.0 Å². The Morgan fingerprint density at radius 1 is 1.41 bits per heavy atom. The van der Waals surface area contributed by atoms with Gasteiger partial charge in [-0.15, -0.1) is 0 Å². The molecule has 94 valence electrons. The average molecular weight is 238 g/mol. The van der Waals surface area contributed by atoms with E-state index in [4.69, 9.17) is 0 Å². The number of aliphatic hydroxyl groups is 2. The van der Waals surface area contributed by atoms with Gasteiger partial charge in [0.2, 0.25) is 0 Å². The van der Waals surface area contributed by atoms with Crippen LogP contribution < -0.4 is 0 Å². The molecule has 0 aromatic heterocycles. The number of rotatable bonds is 3. The Labute approximate surface area is 101 Å². The van der Waals surface area contributed by atoms with E-state index in [9.17, 15) is 15.0 Å². The summed E-state index contributed by atoms with van der Waals surface area (Å²) in [5.74, 6) is -2.06. The van der Waals surface area contributed by atoms with Gasteiger partial charge in [0.1, 0.15) is 0 Å². The van der Waals surface area contributed by atoms with E-state index in [1.807, 2.05) is 6.07 Å². The molecule has 0 spiro atoms. The lowest BCUT2D eigenvalue weighted by atomic mass is 10.0. The highest BCUT2D eigenvalue weighted by Gasteiger charge is 2.21. The Kier molecular flexibility index (Phi) is 6.86. The number of methoxy groups -OCH3 is 1. The number of carbonyl (C=O) groups excluding carboxylic acids is 1. The normalized spacial score (nSPS) is 9.88. The number of carbonyl (C=O) groups is 1. The van der Waals surface area contributed by atoms with Crippen molar-refractivity contribution in [2.45, 2.75) is 19.1 Å². The fraction of sp³-hybridized carbons (Fsp3) is 0.308. The fourth-order valence-corrected chi connectivity index (χ4v) is 0.993. The highest BCUT2D eigenvalue weighted by atomic mass is 16.5. The van der Waals surface area contributed by atoms with Crippen LogP contribution in [0.3, 0.4) is 0 Å². The van der Waals surface area contributed by atoms with Crippen molar-refractivity contribution in [2.24, 2.45) is 0 Å². The molecule has 0 heterocycles. The van der Waals surface area contributed by atoms with Crippen molar-refractivity contribution in [1.82, 2.24) is 0 Å². The lowest BCUT2D eigenvalue weighted by Gasteiger charge is -2.19. The molecule has 2 N–H and O–H groups in total. The van der Waals surface area contributed by atoms with Crippen molar-refractivity contribution >= 4 is 5.97 Å². The SMILES string of the molecule is C=CC(=O)OC.CCC(O)(O)c1ccccc1. The van der Waals surface area contributed by atoms with Crippen LogP contribution >= 0.6 is 0 Å². The van der Waals surface area contributed by atoms with E-state index in [0.29, 0.717) is 12.0 Å². The minimum absolute atomic E-state index is 0.303. The predicted octanol–water partition coefficient (Wildman–Crippen LogP) is 1.58. The molecule has 0 unspecified atom stereocenters. The maximum atomic E-state index is 9.84. The van der Waals surface area contributed by atoms with E-state index in [2.05, 4.69) is 11.3 Å². The van der Waals surface area contributed by atoms with E-state index in [0.717, 1.165) is 6.08 Å². The Morgan fingerprint density at radius 3 is 2.24 bits per heavy atom. The second-order valence-electron chi connectivity index (χ2n) is 3.26. The van der Waals surface area contributed by atoms with Crippen LogP contribution in [0, 0.1) is 0 Å². The summed E-state index contributed by atoms with van der Waals surface area (Å²) in [6.07, 6.45) is 1.41. The van der Waals surface area contributed by atoms with Crippen molar-refractivity contribution in [3.8, 4) is 0 Å². The Morgan fingerprint density at radius 2 is 1.94 bits per heavy atom. The molecular weight excluding hydrogens is 220 g/mol. The zero-order valence-electron chi connectivity index (χ0n) is 10.1. The molecule has 1 aromatic carbocycles. The van der Waals surface area contributed by atoms with E-state index < -0.39 is 11.8 Å². The minimum Gasteiger partial charge on any atom is -0.466 e. The number of hydrogen-bond donors (Lipinski definition) is 2. The number of esters is 1. The molecule has 0 atom stereocenters. The van der Waals surface area contributed by atoms with Crippen LogP contribution in [-0.4, -0.2) is 23.3 Å². The molecule has 0 saturated heterocycles. The number of benzene rings is 1. The molecular formula is C13H18O4. The molecule has 0 aliphatic carbocycles. The van der Waals surface area contributed by atoms with Crippen LogP contribution in [0.1, 0.15) is 18.9 Å². The summed E-state index contributed by atoms with van der Waals surface area (Å²) in [6.45, 7) is 4.89. The van der Waals surface area contributed by atoms with Crippen molar-refractivity contribution in [3.63, 3.8) is 0 Å². The predicted molar refractivity (Wildman–Crippen MR) is 65.1 cm³/mol. The summed E-state index contributed by atoms with van der Waals surface area (Å²) >= 11 is 0. The molecule has 0 fully saturated rings. The van der Waals surface area contributed by atoms with Crippen LogP contribution in [0.25, 0.3) is 0 Å². The lowest BCUT2D eigenvalue weighted by molar-refractivity contribution is -0.171. The quantitative estimate of drug-likeness (QED) is 0.476. The van der Waals surface area contributed by atoms with Gasteiger partial charge < -0.3 is 14.9 Å². The van der Waals surface area contributed by atoms with Crippen molar-refractivity contribution in [2.75, 3.05) is 7.11 Å². The van der Waals surface area contributed by atoms with E-state index in [-0.39, 0.29) is 0 Å². The summed E-state index contributed by atoms with van der Waals surface area (Å²) in [7, 11) is 1.31. The highest BCUT2D eigenvalue weighted by Crippen LogP contribution is 2.20. The standard InChI is InChI=1S/C9H12O2.C4H6O2/c1-2-9(10,11)8-6-4-3-5-7-8;1-3-4(5)6-2/h3-7,10-11H,2H2,1H3;3H,1H2,2H3. The third-order valence-corrected chi connectivity index (χ3v) is 2.10. The first-order valence-electron chi connectivity index (χ1n) is 5.18. The monoisotopic (exact) mass is 238 g/mol. The maximum Gasteiger partial charge on any atom is 0.329 e. The van der Waals surface area contributed by atoms with Crippen LogP contribution in [0.5, 0.6) is 0 Å². The summed E-state index contributed by atoms with van der Waals surface area (Å²) in [6, 6.07) is 8.81. The molecule has 17 heavy (non-hydrogen) atoms. The minimum atomic E-state index is -1.67. The van der Waals surface area contributed by atoms with Gasteiger partial charge in [-0.3, -0.25) is 0 Å². The van der Waals surface area contributed by atoms with Gasteiger partial charge in [-0.25, -0.2) is 4.79 Å².